The van der Waals surface area contributed by atoms with Gasteiger partial charge in [0.15, 0.2) is 0 Å². The topological polar surface area (TPSA) is 26.3 Å². The maximum Gasteiger partial charge on any atom is 0.134 e. The first-order valence-corrected chi connectivity index (χ1v) is 8.62. The van der Waals surface area contributed by atoms with Crippen LogP contribution in [0, 0.1) is 5.41 Å². The highest BCUT2D eigenvalue weighted by Gasteiger charge is 2.47. The Hall–Kier alpha value is -1.35. The Morgan fingerprint density at radius 3 is 2.86 bits per heavy atom. The molecule has 0 heterocycles. The fourth-order valence-electron chi connectivity index (χ4n) is 4.43. The number of fused-ring (bicyclic) bond motifs is 5. The molecule has 2 aliphatic rings. The molecule has 0 radical (unpaired) electrons. The van der Waals surface area contributed by atoms with Crippen LogP contribution >= 0.6 is 15.9 Å². The number of methoxy groups -OCH3 is 1. The molecule has 3 heteroatoms. The molecule has 0 amide bonds. The maximum atomic E-state index is 12.0. The van der Waals surface area contributed by atoms with Crippen molar-refractivity contribution in [3.05, 3.63) is 39.9 Å². The normalized spacial score (nSPS) is 26.9. The van der Waals surface area contributed by atoms with E-state index in [9.17, 15) is 4.79 Å². The molecule has 0 spiro atoms. The van der Waals surface area contributed by atoms with E-state index in [-0.39, 0.29) is 5.41 Å². The zero-order chi connectivity index (χ0) is 15.5. The van der Waals surface area contributed by atoms with Crippen LogP contribution in [0.3, 0.4) is 0 Å². The van der Waals surface area contributed by atoms with Gasteiger partial charge in [-0.05, 0) is 70.3 Å². The van der Waals surface area contributed by atoms with E-state index in [0.717, 1.165) is 29.5 Å². The Bertz CT molecular complexity index is 796. The molecule has 0 N–H and O–H groups in total. The molecule has 2 aromatic rings. The molecule has 2 aliphatic carbocycles. The minimum absolute atomic E-state index is 0.149. The molecule has 114 valence electrons. The van der Waals surface area contributed by atoms with Crippen LogP contribution < -0.4 is 4.74 Å². The number of rotatable bonds is 1. The second-order valence-corrected chi connectivity index (χ2v) is 7.82. The predicted molar refractivity (Wildman–Crippen MR) is 91.6 cm³/mol. The molecule has 2 atom stereocenters. The average molecular weight is 359 g/mol. The summed E-state index contributed by atoms with van der Waals surface area (Å²) >= 11 is 3.73. The Labute approximate surface area is 139 Å². The van der Waals surface area contributed by atoms with Crippen molar-refractivity contribution < 1.29 is 9.53 Å². The molecule has 0 aromatic heterocycles. The summed E-state index contributed by atoms with van der Waals surface area (Å²) in [4.78, 5) is 12.0. The van der Waals surface area contributed by atoms with E-state index in [1.807, 2.05) is 6.07 Å². The van der Waals surface area contributed by atoms with Gasteiger partial charge in [0, 0.05) is 17.3 Å². The fourth-order valence-corrected chi connectivity index (χ4v) is 5.03. The molecule has 1 saturated carbocycles. The van der Waals surface area contributed by atoms with Crippen LogP contribution in [0.5, 0.6) is 5.75 Å². The lowest BCUT2D eigenvalue weighted by molar-refractivity contribution is -0.118. The Morgan fingerprint density at radius 1 is 1.27 bits per heavy atom. The average Bonchev–Trinajstić information content (AvgIpc) is 2.81. The van der Waals surface area contributed by atoms with E-state index in [4.69, 9.17) is 4.74 Å². The van der Waals surface area contributed by atoms with Gasteiger partial charge in [0.1, 0.15) is 11.5 Å². The smallest absolute Gasteiger partial charge is 0.134 e. The molecular formula is C19H19BrO2. The molecule has 4 rings (SSSR count). The van der Waals surface area contributed by atoms with Crippen molar-refractivity contribution in [3.63, 3.8) is 0 Å². The van der Waals surface area contributed by atoms with Gasteiger partial charge in [0.05, 0.1) is 7.11 Å². The zero-order valence-electron chi connectivity index (χ0n) is 12.9. The number of Topliss-reactive ketones (excluding diaryl/α,β-unsaturated/α-hetero) is 1. The second kappa shape index (κ2) is 4.82. The number of carbonyl (C=O) groups is 1. The van der Waals surface area contributed by atoms with Gasteiger partial charge in [-0.15, -0.1) is 0 Å². The molecule has 2 nitrogen and oxygen atoms in total. The van der Waals surface area contributed by atoms with Gasteiger partial charge in [-0.25, -0.2) is 0 Å². The summed E-state index contributed by atoms with van der Waals surface area (Å²) in [6.45, 7) is 2.29. The number of ether oxygens (including phenoxy) is 1. The minimum Gasteiger partial charge on any atom is -0.497 e. The van der Waals surface area contributed by atoms with Gasteiger partial charge in [0.25, 0.3) is 0 Å². The molecular weight excluding hydrogens is 340 g/mol. The summed E-state index contributed by atoms with van der Waals surface area (Å²) in [6, 6.07) is 8.51. The Balaban J connectivity index is 1.98. The van der Waals surface area contributed by atoms with Crippen molar-refractivity contribution in [1.29, 1.82) is 0 Å². The fraction of sp³-hybridized carbons (Fsp3) is 0.421. The molecule has 2 aromatic carbocycles. The van der Waals surface area contributed by atoms with Gasteiger partial charge in [-0.1, -0.05) is 22.9 Å². The van der Waals surface area contributed by atoms with Crippen LogP contribution in [-0.2, 0) is 11.2 Å². The van der Waals surface area contributed by atoms with Crippen LogP contribution in [0.25, 0.3) is 10.8 Å². The lowest BCUT2D eigenvalue weighted by Crippen LogP contribution is -2.26. The van der Waals surface area contributed by atoms with Crippen molar-refractivity contribution in [2.45, 2.75) is 38.5 Å². The third kappa shape index (κ3) is 1.95. The monoisotopic (exact) mass is 358 g/mol. The first-order chi connectivity index (χ1) is 10.5. The summed E-state index contributed by atoms with van der Waals surface area (Å²) in [5.74, 6) is 1.68. The summed E-state index contributed by atoms with van der Waals surface area (Å²) < 4.78 is 6.53. The van der Waals surface area contributed by atoms with Crippen LogP contribution in [-0.4, -0.2) is 12.9 Å². The zero-order valence-corrected chi connectivity index (χ0v) is 14.5. The van der Waals surface area contributed by atoms with E-state index >= 15 is 0 Å². The van der Waals surface area contributed by atoms with E-state index in [0.29, 0.717) is 18.1 Å². The summed E-state index contributed by atoms with van der Waals surface area (Å²) in [6.07, 6.45) is 3.59. The SMILES string of the molecule is COc1ccc2c(Br)cc3c(c2c1)CCC1(C)CC(=O)C[C@@H]31. The third-order valence-electron chi connectivity index (χ3n) is 5.64. The van der Waals surface area contributed by atoms with Crippen molar-refractivity contribution >= 4 is 32.5 Å². The molecule has 1 unspecified atom stereocenters. The van der Waals surface area contributed by atoms with Gasteiger partial charge in [0.2, 0.25) is 0 Å². The van der Waals surface area contributed by atoms with Crippen molar-refractivity contribution in [2.75, 3.05) is 7.11 Å². The van der Waals surface area contributed by atoms with Gasteiger partial charge in [-0.2, -0.15) is 0 Å². The highest BCUT2D eigenvalue weighted by molar-refractivity contribution is 9.10. The predicted octanol–water partition coefficient (Wildman–Crippen LogP) is 5.01. The maximum absolute atomic E-state index is 12.0. The highest BCUT2D eigenvalue weighted by atomic mass is 79.9. The lowest BCUT2D eigenvalue weighted by atomic mass is 9.66. The third-order valence-corrected chi connectivity index (χ3v) is 6.29. The number of ketones is 1. The molecule has 1 fully saturated rings. The number of hydrogen-bond acceptors (Lipinski definition) is 2. The largest absolute Gasteiger partial charge is 0.497 e. The van der Waals surface area contributed by atoms with Gasteiger partial charge >= 0.3 is 0 Å². The molecule has 0 bridgehead atoms. The number of aryl methyl sites for hydroxylation is 1. The van der Waals surface area contributed by atoms with Gasteiger partial charge in [-0.3, -0.25) is 4.79 Å². The number of benzene rings is 2. The van der Waals surface area contributed by atoms with Crippen LogP contribution in [0.15, 0.2) is 28.7 Å². The summed E-state index contributed by atoms with van der Waals surface area (Å²) in [5.41, 5.74) is 2.93. The molecule has 22 heavy (non-hydrogen) atoms. The standard InChI is InChI=1S/C19H19BrO2/c1-19-6-5-13-15-8-12(22-2)3-4-14(15)18(20)9-16(13)17(19)7-11(21)10-19/h3-4,8-9,17H,5-7,10H2,1-2H3/t17-,19?/m0/s1. The van der Waals surface area contributed by atoms with E-state index in [2.05, 4.69) is 41.1 Å². The first kappa shape index (κ1) is 14.3. The first-order valence-electron chi connectivity index (χ1n) is 7.82. The van der Waals surface area contributed by atoms with Crippen LogP contribution in [0.4, 0.5) is 0 Å². The van der Waals surface area contributed by atoms with Crippen molar-refractivity contribution in [1.82, 2.24) is 0 Å². The second-order valence-electron chi connectivity index (χ2n) is 6.96. The van der Waals surface area contributed by atoms with E-state index in [1.54, 1.807) is 7.11 Å². The van der Waals surface area contributed by atoms with E-state index in [1.165, 1.54) is 21.9 Å². The van der Waals surface area contributed by atoms with E-state index < -0.39 is 0 Å². The quantitative estimate of drug-likeness (QED) is 0.716. The van der Waals surface area contributed by atoms with Crippen LogP contribution in [0.2, 0.25) is 0 Å². The Morgan fingerprint density at radius 2 is 2.09 bits per heavy atom. The Kier molecular flexibility index (Phi) is 3.12. The van der Waals surface area contributed by atoms with Gasteiger partial charge < -0.3 is 4.74 Å². The molecule has 0 aliphatic heterocycles. The number of carbonyl (C=O) groups excluding carboxylic acids is 1. The number of hydrogen-bond donors (Lipinski definition) is 0. The van der Waals surface area contributed by atoms with Crippen molar-refractivity contribution in [3.8, 4) is 5.75 Å². The minimum atomic E-state index is 0.149. The van der Waals surface area contributed by atoms with Crippen LogP contribution in [0.1, 0.15) is 43.2 Å². The highest BCUT2D eigenvalue weighted by Crippen LogP contribution is 2.55. The lowest BCUT2D eigenvalue weighted by Gasteiger charge is -2.38. The number of halogens is 1. The summed E-state index contributed by atoms with van der Waals surface area (Å²) in [5, 5.41) is 2.50. The van der Waals surface area contributed by atoms with Crippen molar-refractivity contribution in [2.24, 2.45) is 5.41 Å². The summed E-state index contributed by atoms with van der Waals surface area (Å²) in [7, 11) is 1.71. The molecule has 0 saturated heterocycles.